The number of carboxylic acids is 1. The number of fused-ring (bicyclic) bond motifs is 2. The Morgan fingerprint density at radius 3 is 2.54 bits per heavy atom. The summed E-state index contributed by atoms with van der Waals surface area (Å²) in [7, 11) is 1.97. The minimum absolute atomic E-state index is 0.113. The first-order chi connectivity index (χ1) is 13.3. The molecular formula is C24H33NO3. The predicted molar refractivity (Wildman–Crippen MR) is 111 cm³/mol. The van der Waals surface area contributed by atoms with Crippen LogP contribution in [0, 0.1) is 23.2 Å². The average Bonchev–Trinajstić information content (AvgIpc) is 2.69. The molecule has 0 aromatic heterocycles. The zero-order valence-electron chi connectivity index (χ0n) is 17.3. The topological polar surface area (TPSA) is 57.6 Å². The number of carbonyl (C=O) groups excluding carboxylic acids is 1. The number of amides is 1. The molecule has 0 spiro atoms. The Balaban J connectivity index is 1.68. The van der Waals surface area contributed by atoms with E-state index in [9.17, 15) is 9.59 Å². The number of hydrogen-bond acceptors (Lipinski definition) is 2. The molecule has 0 radical (unpaired) electrons. The van der Waals surface area contributed by atoms with E-state index in [4.69, 9.17) is 5.11 Å². The van der Waals surface area contributed by atoms with Crippen molar-refractivity contribution in [3.05, 3.63) is 48.0 Å². The molecule has 1 N–H and O–H groups in total. The summed E-state index contributed by atoms with van der Waals surface area (Å²) in [6, 6.07) is 9.83. The third-order valence-electron chi connectivity index (χ3n) is 7.18. The van der Waals surface area contributed by atoms with E-state index < -0.39 is 5.97 Å². The second-order valence-corrected chi connectivity index (χ2v) is 9.12. The minimum Gasteiger partial charge on any atom is -0.481 e. The highest BCUT2D eigenvalue weighted by Crippen LogP contribution is 2.62. The number of unbranched alkanes of at least 4 members (excludes halogenated alkanes) is 1. The van der Waals surface area contributed by atoms with Gasteiger partial charge in [-0.3, -0.25) is 9.59 Å². The highest BCUT2D eigenvalue weighted by atomic mass is 16.4. The van der Waals surface area contributed by atoms with Gasteiger partial charge < -0.3 is 10.0 Å². The molecule has 0 aliphatic heterocycles. The zero-order chi connectivity index (χ0) is 20.3. The summed E-state index contributed by atoms with van der Waals surface area (Å²) < 4.78 is 0. The summed E-state index contributed by atoms with van der Waals surface area (Å²) in [5.41, 5.74) is 1.06. The molecule has 0 unspecified atom stereocenters. The van der Waals surface area contributed by atoms with Gasteiger partial charge in [0.05, 0.1) is 0 Å². The molecule has 1 aromatic rings. The molecule has 3 saturated carbocycles. The van der Waals surface area contributed by atoms with Crippen molar-refractivity contribution in [1.29, 1.82) is 0 Å². The van der Waals surface area contributed by atoms with E-state index in [-0.39, 0.29) is 18.4 Å². The number of nitrogens with zero attached hydrogens (tertiary/aromatic N) is 1. The summed E-state index contributed by atoms with van der Waals surface area (Å²) in [4.78, 5) is 25.7. The maximum Gasteiger partial charge on any atom is 0.303 e. The van der Waals surface area contributed by atoms with E-state index in [2.05, 4.69) is 26.0 Å². The lowest BCUT2D eigenvalue weighted by atomic mass is 9.44. The molecule has 4 rings (SSSR count). The molecule has 0 saturated heterocycles. The maximum atomic E-state index is 13.1. The van der Waals surface area contributed by atoms with Gasteiger partial charge in [-0.1, -0.05) is 44.2 Å². The molecule has 152 valence electrons. The monoisotopic (exact) mass is 383 g/mol. The Labute approximate surface area is 168 Å². The lowest BCUT2D eigenvalue weighted by Crippen LogP contribution is -2.63. The van der Waals surface area contributed by atoms with E-state index >= 15 is 0 Å². The largest absolute Gasteiger partial charge is 0.481 e. The van der Waals surface area contributed by atoms with Gasteiger partial charge in [-0.15, -0.1) is 0 Å². The molecular weight excluding hydrogens is 350 g/mol. The minimum atomic E-state index is -0.732. The van der Waals surface area contributed by atoms with Gasteiger partial charge in [-0.05, 0) is 67.4 Å². The standard InChI is InChI=1S/C24H33NO3/c1-24(2)19-15-18(13-7-4-5-10-14-21(26)27)22(20(24)16-19)25(3)23(28)17-11-8-6-9-12-17/h4,6-9,11-12,18-20,22H,5,10,13-16H2,1-3H3,(H,26,27)/b7-4+/t18-,19-,20-,22+/m0/s1. The molecule has 4 nitrogen and oxygen atoms in total. The summed E-state index contributed by atoms with van der Waals surface area (Å²) in [5, 5.41) is 8.74. The van der Waals surface area contributed by atoms with Crippen LogP contribution in [-0.4, -0.2) is 35.0 Å². The number of aliphatic carboxylic acids is 1. The highest BCUT2D eigenvalue weighted by molar-refractivity contribution is 5.94. The number of benzene rings is 1. The maximum absolute atomic E-state index is 13.1. The quantitative estimate of drug-likeness (QED) is 0.507. The Kier molecular flexibility index (Phi) is 6.26. The van der Waals surface area contributed by atoms with E-state index in [1.807, 2.05) is 42.3 Å². The van der Waals surface area contributed by atoms with Crippen molar-refractivity contribution in [2.75, 3.05) is 7.05 Å². The van der Waals surface area contributed by atoms with Crippen molar-refractivity contribution in [3.8, 4) is 0 Å². The molecule has 3 aliphatic rings. The van der Waals surface area contributed by atoms with Crippen LogP contribution in [0.4, 0.5) is 0 Å². The first kappa shape index (κ1) is 20.6. The van der Waals surface area contributed by atoms with Crippen molar-refractivity contribution >= 4 is 11.9 Å². The second-order valence-electron chi connectivity index (χ2n) is 9.12. The average molecular weight is 384 g/mol. The van der Waals surface area contributed by atoms with E-state index in [1.54, 1.807) is 0 Å². The van der Waals surface area contributed by atoms with E-state index in [0.29, 0.717) is 23.7 Å². The van der Waals surface area contributed by atoms with Gasteiger partial charge in [-0.25, -0.2) is 0 Å². The summed E-state index contributed by atoms with van der Waals surface area (Å²) in [5.74, 6) is 1.16. The fraction of sp³-hybridized carbons (Fsp3) is 0.583. The zero-order valence-corrected chi connectivity index (χ0v) is 17.3. The first-order valence-electron chi connectivity index (χ1n) is 10.5. The Hall–Kier alpha value is -2.10. The van der Waals surface area contributed by atoms with Crippen LogP contribution in [0.25, 0.3) is 0 Å². The number of carboxylic acid groups (broad SMARTS) is 1. The molecule has 1 aromatic carbocycles. The van der Waals surface area contributed by atoms with Crippen LogP contribution in [0.3, 0.4) is 0 Å². The number of carbonyl (C=O) groups is 2. The summed E-state index contributed by atoms with van der Waals surface area (Å²) >= 11 is 0. The van der Waals surface area contributed by atoms with Crippen LogP contribution in [0.2, 0.25) is 0 Å². The predicted octanol–water partition coefficient (Wildman–Crippen LogP) is 5.01. The smallest absolute Gasteiger partial charge is 0.303 e. The van der Waals surface area contributed by atoms with Gasteiger partial charge in [0, 0.05) is 25.1 Å². The second kappa shape index (κ2) is 8.50. The highest BCUT2D eigenvalue weighted by Gasteiger charge is 2.58. The number of rotatable bonds is 8. The van der Waals surface area contributed by atoms with Gasteiger partial charge in [0.2, 0.25) is 0 Å². The van der Waals surface area contributed by atoms with E-state index in [1.165, 1.54) is 12.8 Å². The van der Waals surface area contributed by atoms with Crippen molar-refractivity contribution in [3.63, 3.8) is 0 Å². The third-order valence-corrected chi connectivity index (χ3v) is 7.18. The summed E-state index contributed by atoms with van der Waals surface area (Å²) in [6.07, 6.45) is 9.40. The Morgan fingerprint density at radius 2 is 1.89 bits per heavy atom. The van der Waals surface area contributed by atoms with Crippen LogP contribution in [0.1, 0.15) is 62.7 Å². The Morgan fingerprint density at radius 1 is 1.18 bits per heavy atom. The molecule has 4 atom stereocenters. The molecule has 28 heavy (non-hydrogen) atoms. The fourth-order valence-electron chi connectivity index (χ4n) is 5.37. The molecule has 2 bridgehead atoms. The number of allylic oxidation sites excluding steroid dienone is 2. The van der Waals surface area contributed by atoms with Gasteiger partial charge >= 0.3 is 5.97 Å². The van der Waals surface area contributed by atoms with Crippen LogP contribution in [-0.2, 0) is 4.79 Å². The van der Waals surface area contributed by atoms with Gasteiger partial charge in [0.25, 0.3) is 5.91 Å². The fourth-order valence-corrected chi connectivity index (χ4v) is 5.37. The SMILES string of the molecule is CN(C(=O)c1ccccc1)[C@@H]1[C@@H](C/C=C/CCCC(=O)O)C[C@H]2C[C@@H]1C2(C)C. The first-order valence-corrected chi connectivity index (χ1v) is 10.5. The lowest BCUT2D eigenvalue weighted by molar-refractivity contribution is -0.137. The van der Waals surface area contributed by atoms with Crippen molar-refractivity contribution < 1.29 is 14.7 Å². The normalized spacial score (nSPS) is 28.0. The molecule has 3 aliphatic carbocycles. The molecule has 4 heteroatoms. The third kappa shape index (κ3) is 4.16. The van der Waals surface area contributed by atoms with Crippen LogP contribution >= 0.6 is 0 Å². The van der Waals surface area contributed by atoms with Crippen LogP contribution < -0.4 is 0 Å². The van der Waals surface area contributed by atoms with Gasteiger partial charge in [0.1, 0.15) is 0 Å². The van der Waals surface area contributed by atoms with E-state index in [0.717, 1.165) is 24.3 Å². The molecule has 1 amide bonds. The van der Waals surface area contributed by atoms with Crippen molar-refractivity contribution in [2.24, 2.45) is 23.2 Å². The molecule has 0 heterocycles. The molecule has 3 fully saturated rings. The van der Waals surface area contributed by atoms with Gasteiger partial charge in [0.15, 0.2) is 0 Å². The number of hydrogen-bond donors (Lipinski definition) is 1. The van der Waals surface area contributed by atoms with Crippen LogP contribution in [0.5, 0.6) is 0 Å². The van der Waals surface area contributed by atoms with Crippen LogP contribution in [0.15, 0.2) is 42.5 Å². The van der Waals surface area contributed by atoms with Crippen molar-refractivity contribution in [1.82, 2.24) is 4.90 Å². The summed E-state index contributed by atoms with van der Waals surface area (Å²) in [6.45, 7) is 4.72. The Bertz CT molecular complexity index is 725. The van der Waals surface area contributed by atoms with Crippen molar-refractivity contribution in [2.45, 2.75) is 58.4 Å². The lowest BCUT2D eigenvalue weighted by Gasteiger charge is -2.64. The van der Waals surface area contributed by atoms with Gasteiger partial charge in [-0.2, -0.15) is 0 Å².